The maximum absolute atomic E-state index is 13.2. The van der Waals surface area contributed by atoms with Gasteiger partial charge in [0.05, 0.1) is 0 Å². The van der Waals surface area contributed by atoms with Gasteiger partial charge in [-0.25, -0.2) is 4.39 Å². The Hall–Kier alpha value is -1.91. The van der Waals surface area contributed by atoms with Crippen molar-refractivity contribution in [3.63, 3.8) is 0 Å². The number of benzene rings is 1. The Balaban J connectivity index is 2.15. The highest BCUT2D eigenvalue weighted by Crippen LogP contribution is 2.32. The van der Waals surface area contributed by atoms with E-state index in [2.05, 4.69) is 12.2 Å². The third kappa shape index (κ3) is 5.28. The summed E-state index contributed by atoms with van der Waals surface area (Å²) in [5.41, 5.74) is 0.915. The summed E-state index contributed by atoms with van der Waals surface area (Å²) in [6, 6.07) is 6.29. The molecule has 1 fully saturated rings. The number of carbonyl (C=O) groups is 2. The van der Waals surface area contributed by atoms with E-state index in [1.807, 2.05) is 4.90 Å². The van der Waals surface area contributed by atoms with Gasteiger partial charge >= 0.3 is 0 Å². The summed E-state index contributed by atoms with van der Waals surface area (Å²) in [7, 11) is 1.63. The summed E-state index contributed by atoms with van der Waals surface area (Å²) in [5, 5.41) is 2.71. The molecular formula is C20H29FN2O2. The molecule has 4 nitrogen and oxygen atoms in total. The zero-order valence-electron chi connectivity index (χ0n) is 15.3. The number of nitrogens with one attached hydrogen (secondary N) is 1. The second kappa shape index (κ2) is 9.54. The van der Waals surface area contributed by atoms with Crippen LogP contribution in [0.4, 0.5) is 4.39 Å². The highest BCUT2D eigenvalue weighted by Gasteiger charge is 2.37. The van der Waals surface area contributed by atoms with E-state index in [9.17, 15) is 14.0 Å². The Bertz CT molecular complexity index is 574. The molecule has 0 heterocycles. The van der Waals surface area contributed by atoms with Crippen LogP contribution in [0.3, 0.4) is 0 Å². The average Bonchev–Trinajstić information content (AvgIpc) is 2.65. The summed E-state index contributed by atoms with van der Waals surface area (Å²) in [6.07, 6.45) is 5.44. The molecule has 1 saturated carbocycles. The number of halogens is 1. The van der Waals surface area contributed by atoms with Gasteiger partial charge in [0.2, 0.25) is 11.8 Å². The molecule has 138 valence electrons. The number of hydrogen-bond acceptors (Lipinski definition) is 2. The fourth-order valence-corrected chi connectivity index (χ4v) is 3.59. The van der Waals surface area contributed by atoms with E-state index in [4.69, 9.17) is 0 Å². The molecule has 1 aromatic rings. The minimum Gasteiger partial charge on any atom is -0.359 e. The molecule has 1 aromatic carbocycles. The summed E-state index contributed by atoms with van der Waals surface area (Å²) in [6.45, 7) is 3.23. The van der Waals surface area contributed by atoms with Crippen molar-refractivity contribution in [2.24, 2.45) is 11.8 Å². The molecule has 2 amide bonds. The van der Waals surface area contributed by atoms with E-state index in [0.29, 0.717) is 13.1 Å². The molecule has 0 saturated heterocycles. The normalized spacial score (nSPS) is 20.1. The molecule has 0 spiro atoms. The van der Waals surface area contributed by atoms with Gasteiger partial charge in [-0.2, -0.15) is 0 Å². The highest BCUT2D eigenvalue weighted by molar-refractivity contribution is 5.87. The largest absolute Gasteiger partial charge is 0.359 e. The number of unbranched alkanes of at least 4 members (excludes halogenated alkanes) is 1. The van der Waals surface area contributed by atoms with E-state index in [-0.39, 0.29) is 29.5 Å². The topological polar surface area (TPSA) is 49.4 Å². The lowest BCUT2D eigenvalue weighted by atomic mass is 9.77. The summed E-state index contributed by atoms with van der Waals surface area (Å²) in [4.78, 5) is 27.2. The predicted octanol–water partition coefficient (Wildman–Crippen LogP) is 3.51. The number of nitrogens with zero attached hydrogens (tertiary/aromatic N) is 1. The highest BCUT2D eigenvalue weighted by atomic mass is 19.1. The van der Waals surface area contributed by atoms with Crippen LogP contribution < -0.4 is 5.32 Å². The van der Waals surface area contributed by atoms with Crippen LogP contribution in [0.15, 0.2) is 24.3 Å². The molecule has 0 unspecified atom stereocenters. The molecular weight excluding hydrogens is 319 g/mol. The Morgan fingerprint density at radius 1 is 1.16 bits per heavy atom. The molecule has 1 aliphatic rings. The summed E-state index contributed by atoms with van der Waals surface area (Å²) >= 11 is 0. The van der Waals surface area contributed by atoms with Crippen molar-refractivity contribution in [3.8, 4) is 0 Å². The Morgan fingerprint density at radius 2 is 1.80 bits per heavy atom. The quantitative estimate of drug-likeness (QED) is 0.820. The average molecular weight is 348 g/mol. The monoisotopic (exact) mass is 348 g/mol. The third-order valence-corrected chi connectivity index (χ3v) is 5.05. The van der Waals surface area contributed by atoms with E-state index < -0.39 is 0 Å². The smallest absolute Gasteiger partial charge is 0.226 e. The first-order valence-corrected chi connectivity index (χ1v) is 9.31. The first-order valence-electron chi connectivity index (χ1n) is 9.31. The molecule has 1 aliphatic carbocycles. The summed E-state index contributed by atoms with van der Waals surface area (Å²) in [5.74, 6) is -0.724. The van der Waals surface area contributed by atoms with Crippen LogP contribution in [-0.4, -0.2) is 30.3 Å². The van der Waals surface area contributed by atoms with Gasteiger partial charge in [-0.1, -0.05) is 38.3 Å². The predicted molar refractivity (Wildman–Crippen MR) is 96.2 cm³/mol. The van der Waals surface area contributed by atoms with Gasteiger partial charge in [-0.3, -0.25) is 9.59 Å². The van der Waals surface area contributed by atoms with Gasteiger partial charge in [0, 0.05) is 32.0 Å². The number of carbonyl (C=O) groups excluding carboxylic acids is 2. The Morgan fingerprint density at radius 3 is 2.40 bits per heavy atom. The molecule has 0 bridgehead atoms. The van der Waals surface area contributed by atoms with E-state index in [1.165, 1.54) is 12.1 Å². The number of amides is 2. The van der Waals surface area contributed by atoms with E-state index in [0.717, 1.165) is 44.1 Å². The van der Waals surface area contributed by atoms with Gasteiger partial charge in [0.25, 0.3) is 0 Å². The molecule has 25 heavy (non-hydrogen) atoms. The number of rotatable bonds is 7. The maximum atomic E-state index is 13.2. The van der Waals surface area contributed by atoms with Gasteiger partial charge in [-0.15, -0.1) is 0 Å². The van der Waals surface area contributed by atoms with Gasteiger partial charge in [0.15, 0.2) is 0 Å². The fraction of sp³-hybridized carbons (Fsp3) is 0.600. The first-order chi connectivity index (χ1) is 12.1. The van der Waals surface area contributed by atoms with Crippen molar-refractivity contribution in [1.29, 1.82) is 0 Å². The second-order valence-electron chi connectivity index (χ2n) is 6.85. The van der Waals surface area contributed by atoms with Crippen LogP contribution in [0.5, 0.6) is 0 Å². The summed E-state index contributed by atoms with van der Waals surface area (Å²) < 4.78 is 13.1. The standard InChI is InChI=1S/C20H29FN2O2/c1-3-4-13-23(14-15-9-11-16(21)12-10-15)20(25)18-8-6-5-7-17(18)19(24)22-2/h9-12,17-18H,3-8,13-14H2,1-2H3,(H,22,24)/t17-,18+/m0/s1. The molecule has 2 rings (SSSR count). The third-order valence-electron chi connectivity index (χ3n) is 5.05. The fourth-order valence-electron chi connectivity index (χ4n) is 3.59. The lowest BCUT2D eigenvalue weighted by Gasteiger charge is -2.34. The lowest BCUT2D eigenvalue weighted by molar-refractivity contribution is -0.144. The van der Waals surface area contributed by atoms with Gasteiger partial charge in [0.1, 0.15) is 5.82 Å². The molecule has 0 aliphatic heterocycles. The Kier molecular flexibility index (Phi) is 7.41. The van der Waals surface area contributed by atoms with Gasteiger partial charge < -0.3 is 10.2 Å². The van der Waals surface area contributed by atoms with Crippen LogP contribution in [0.2, 0.25) is 0 Å². The second-order valence-corrected chi connectivity index (χ2v) is 6.85. The molecule has 1 N–H and O–H groups in total. The van der Waals surface area contributed by atoms with Gasteiger partial charge in [-0.05, 0) is 37.0 Å². The zero-order chi connectivity index (χ0) is 18.2. The molecule has 2 atom stereocenters. The van der Waals surface area contributed by atoms with Crippen LogP contribution in [0.25, 0.3) is 0 Å². The first kappa shape index (κ1) is 19.4. The number of hydrogen-bond donors (Lipinski definition) is 1. The van der Waals surface area contributed by atoms with Crippen molar-refractivity contribution < 1.29 is 14.0 Å². The van der Waals surface area contributed by atoms with E-state index in [1.54, 1.807) is 19.2 Å². The van der Waals surface area contributed by atoms with Crippen LogP contribution in [0.1, 0.15) is 51.0 Å². The minimum atomic E-state index is -0.276. The van der Waals surface area contributed by atoms with Crippen molar-refractivity contribution in [2.45, 2.75) is 52.0 Å². The Labute approximate surface area is 149 Å². The van der Waals surface area contributed by atoms with Crippen molar-refractivity contribution in [1.82, 2.24) is 10.2 Å². The molecule has 0 radical (unpaired) electrons. The minimum absolute atomic E-state index is 0.0322. The lowest BCUT2D eigenvalue weighted by Crippen LogP contribution is -2.44. The van der Waals surface area contributed by atoms with Crippen molar-refractivity contribution in [2.75, 3.05) is 13.6 Å². The zero-order valence-corrected chi connectivity index (χ0v) is 15.3. The SMILES string of the molecule is CCCCN(Cc1ccc(F)cc1)C(=O)[C@@H]1CCCC[C@@H]1C(=O)NC. The van der Waals surface area contributed by atoms with Crippen LogP contribution in [-0.2, 0) is 16.1 Å². The maximum Gasteiger partial charge on any atom is 0.226 e. The van der Waals surface area contributed by atoms with Crippen molar-refractivity contribution >= 4 is 11.8 Å². The van der Waals surface area contributed by atoms with Crippen LogP contribution in [0, 0.1) is 17.7 Å². The van der Waals surface area contributed by atoms with Crippen LogP contribution >= 0.6 is 0 Å². The van der Waals surface area contributed by atoms with E-state index >= 15 is 0 Å². The molecule has 5 heteroatoms. The molecule has 0 aromatic heterocycles. The van der Waals surface area contributed by atoms with Crippen molar-refractivity contribution in [3.05, 3.63) is 35.6 Å².